The van der Waals surface area contributed by atoms with E-state index in [0.29, 0.717) is 38.4 Å². The lowest BCUT2D eigenvalue weighted by Crippen LogP contribution is -2.40. The van der Waals surface area contributed by atoms with Crippen molar-refractivity contribution in [1.82, 2.24) is 9.62 Å². The summed E-state index contributed by atoms with van der Waals surface area (Å²) in [5.74, 6) is 1.43. The largest absolute Gasteiger partial charge is 0.379 e. The summed E-state index contributed by atoms with van der Waals surface area (Å²) < 4.78 is 32.4. The summed E-state index contributed by atoms with van der Waals surface area (Å²) in [5, 5.41) is 2.91. The van der Waals surface area contributed by atoms with E-state index in [1.54, 1.807) is 23.9 Å². The van der Waals surface area contributed by atoms with Gasteiger partial charge >= 0.3 is 0 Å². The average molecular weight is 449 g/mol. The molecular formula is C22H28N2O4S2. The summed E-state index contributed by atoms with van der Waals surface area (Å²) in [5.41, 5.74) is 3.65. The van der Waals surface area contributed by atoms with E-state index >= 15 is 0 Å². The molecule has 3 rings (SSSR count). The number of nitrogens with zero attached hydrogens (tertiary/aromatic N) is 1. The first-order valence-electron chi connectivity index (χ1n) is 9.98. The molecule has 1 heterocycles. The van der Waals surface area contributed by atoms with Gasteiger partial charge < -0.3 is 10.1 Å². The summed E-state index contributed by atoms with van der Waals surface area (Å²) in [6.07, 6.45) is 0. The first kappa shape index (κ1) is 22.8. The number of carbonyl (C=O) groups excluding carboxylic acids is 1. The summed E-state index contributed by atoms with van der Waals surface area (Å²) >= 11 is 1.75. The van der Waals surface area contributed by atoms with Gasteiger partial charge in [-0.2, -0.15) is 16.1 Å². The molecule has 30 heavy (non-hydrogen) atoms. The van der Waals surface area contributed by atoms with Gasteiger partial charge in [-0.1, -0.05) is 35.9 Å². The van der Waals surface area contributed by atoms with E-state index in [4.69, 9.17) is 4.74 Å². The Morgan fingerprint density at radius 3 is 2.50 bits per heavy atom. The number of thioether (sulfide) groups is 1. The van der Waals surface area contributed by atoms with E-state index in [-0.39, 0.29) is 10.8 Å². The fourth-order valence-corrected chi connectivity index (χ4v) is 5.40. The van der Waals surface area contributed by atoms with Gasteiger partial charge in [0.25, 0.3) is 5.91 Å². The third kappa shape index (κ3) is 5.85. The van der Waals surface area contributed by atoms with Crippen molar-refractivity contribution in [1.29, 1.82) is 0 Å². The van der Waals surface area contributed by atoms with Gasteiger partial charge in [0.1, 0.15) is 0 Å². The van der Waals surface area contributed by atoms with Crippen LogP contribution >= 0.6 is 11.8 Å². The zero-order valence-corrected chi connectivity index (χ0v) is 19.0. The van der Waals surface area contributed by atoms with Crippen LogP contribution < -0.4 is 5.32 Å². The molecule has 0 saturated carbocycles. The normalized spacial score (nSPS) is 15.1. The van der Waals surface area contributed by atoms with Gasteiger partial charge in [0, 0.05) is 36.7 Å². The van der Waals surface area contributed by atoms with E-state index in [2.05, 4.69) is 36.5 Å². The zero-order chi connectivity index (χ0) is 21.6. The van der Waals surface area contributed by atoms with E-state index in [9.17, 15) is 13.2 Å². The molecule has 0 atom stereocenters. The van der Waals surface area contributed by atoms with Crippen LogP contribution in [0.5, 0.6) is 0 Å². The van der Waals surface area contributed by atoms with Crippen molar-refractivity contribution >= 4 is 27.7 Å². The van der Waals surface area contributed by atoms with Crippen molar-refractivity contribution < 1.29 is 17.9 Å². The number of amides is 1. The molecule has 162 valence electrons. The third-order valence-electron chi connectivity index (χ3n) is 4.98. The zero-order valence-electron chi connectivity index (χ0n) is 17.4. The molecule has 0 bridgehead atoms. The van der Waals surface area contributed by atoms with E-state index in [1.807, 2.05) is 6.92 Å². The van der Waals surface area contributed by atoms with Gasteiger partial charge in [0.15, 0.2) is 0 Å². The number of carbonyl (C=O) groups is 1. The Balaban J connectivity index is 1.56. The summed E-state index contributed by atoms with van der Waals surface area (Å²) in [7, 11) is -3.63. The molecule has 1 amide bonds. The predicted octanol–water partition coefficient (Wildman–Crippen LogP) is 2.99. The quantitative estimate of drug-likeness (QED) is 0.629. The third-order valence-corrected chi connectivity index (χ3v) is 7.91. The first-order chi connectivity index (χ1) is 14.4. The Morgan fingerprint density at radius 1 is 1.10 bits per heavy atom. The number of rotatable bonds is 8. The Kier molecular flexibility index (Phi) is 7.93. The lowest BCUT2D eigenvalue weighted by molar-refractivity contribution is 0.0730. The maximum absolute atomic E-state index is 12.9. The van der Waals surface area contributed by atoms with Crippen molar-refractivity contribution in [3.8, 4) is 0 Å². The maximum atomic E-state index is 12.9. The molecule has 1 aliphatic rings. The van der Waals surface area contributed by atoms with Crippen LogP contribution in [0.4, 0.5) is 0 Å². The minimum absolute atomic E-state index is 0.147. The molecule has 6 nitrogen and oxygen atoms in total. The summed E-state index contributed by atoms with van der Waals surface area (Å²) in [6.45, 7) is 5.83. The molecule has 1 N–H and O–H groups in total. The van der Waals surface area contributed by atoms with Gasteiger partial charge in [-0.15, -0.1) is 0 Å². The van der Waals surface area contributed by atoms with Gasteiger partial charge in [0.05, 0.1) is 18.1 Å². The van der Waals surface area contributed by atoms with E-state index in [1.165, 1.54) is 21.5 Å². The molecular weight excluding hydrogens is 420 g/mol. The predicted molar refractivity (Wildman–Crippen MR) is 120 cm³/mol. The van der Waals surface area contributed by atoms with Crippen LogP contribution in [0.3, 0.4) is 0 Å². The topological polar surface area (TPSA) is 75.7 Å². The van der Waals surface area contributed by atoms with Crippen molar-refractivity contribution in [3.05, 3.63) is 64.7 Å². The SMILES string of the molecule is Cc1ccc(CSCCNC(=O)c2cc(S(=O)(=O)N3CCOCC3)ccc2C)cc1. The lowest BCUT2D eigenvalue weighted by Gasteiger charge is -2.26. The maximum Gasteiger partial charge on any atom is 0.251 e. The summed E-state index contributed by atoms with van der Waals surface area (Å²) in [6, 6.07) is 13.2. The highest BCUT2D eigenvalue weighted by molar-refractivity contribution is 7.98. The molecule has 2 aromatic rings. The average Bonchev–Trinajstić information content (AvgIpc) is 2.75. The Labute approximate surface area is 183 Å². The van der Waals surface area contributed by atoms with E-state index in [0.717, 1.165) is 17.1 Å². The monoisotopic (exact) mass is 448 g/mol. The Bertz CT molecular complexity index is 969. The second kappa shape index (κ2) is 10.4. The Morgan fingerprint density at radius 2 is 1.80 bits per heavy atom. The molecule has 0 unspecified atom stereocenters. The number of morpholine rings is 1. The molecule has 2 aromatic carbocycles. The van der Waals surface area contributed by atoms with Crippen LogP contribution in [0, 0.1) is 13.8 Å². The van der Waals surface area contributed by atoms with Crippen LogP contribution in [-0.4, -0.2) is 57.2 Å². The van der Waals surface area contributed by atoms with Gasteiger partial charge in [-0.3, -0.25) is 4.79 Å². The van der Waals surface area contributed by atoms with Gasteiger partial charge in [-0.05, 0) is 37.1 Å². The molecule has 8 heteroatoms. The van der Waals surface area contributed by atoms with Gasteiger partial charge in [-0.25, -0.2) is 8.42 Å². The minimum atomic E-state index is -3.63. The van der Waals surface area contributed by atoms with E-state index < -0.39 is 10.0 Å². The molecule has 1 fully saturated rings. The van der Waals surface area contributed by atoms with Crippen molar-refractivity contribution in [3.63, 3.8) is 0 Å². The highest BCUT2D eigenvalue weighted by atomic mass is 32.2. The second-order valence-corrected chi connectivity index (χ2v) is 10.3. The van der Waals surface area contributed by atoms with Crippen LogP contribution in [0.15, 0.2) is 47.4 Å². The van der Waals surface area contributed by atoms with Crippen LogP contribution in [0.1, 0.15) is 27.0 Å². The molecule has 0 aliphatic carbocycles. The fraction of sp³-hybridized carbons (Fsp3) is 0.409. The molecule has 0 spiro atoms. The Hall–Kier alpha value is -1.87. The highest BCUT2D eigenvalue weighted by Gasteiger charge is 2.27. The smallest absolute Gasteiger partial charge is 0.251 e. The summed E-state index contributed by atoms with van der Waals surface area (Å²) in [4.78, 5) is 12.8. The van der Waals surface area contributed by atoms with Crippen LogP contribution in [0.2, 0.25) is 0 Å². The van der Waals surface area contributed by atoms with Gasteiger partial charge in [0.2, 0.25) is 10.0 Å². The highest BCUT2D eigenvalue weighted by Crippen LogP contribution is 2.21. The number of ether oxygens (including phenoxy) is 1. The standard InChI is InChI=1S/C22H28N2O4S2/c1-17-3-6-19(7-4-17)16-29-14-9-23-22(25)21-15-20(8-5-18(21)2)30(26,27)24-10-12-28-13-11-24/h3-8,15H,9-14,16H2,1-2H3,(H,23,25). The van der Waals surface area contributed by atoms with Crippen molar-refractivity contribution in [2.24, 2.45) is 0 Å². The second-order valence-electron chi connectivity index (χ2n) is 7.29. The minimum Gasteiger partial charge on any atom is -0.379 e. The fourth-order valence-electron chi connectivity index (χ4n) is 3.15. The van der Waals surface area contributed by atoms with Crippen molar-refractivity contribution in [2.45, 2.75) is 24.5 Å². The lowest BCUT2D eigenvalue weighted by atomic mass is 10.1. The van der Waals surface area contributed by atoms with Crippen LogP contribution in [-0.2, 0) is 20.5 Å². The van der Waals surface area contributed by atoms with Crippen LogP contribution in [0.25, 0.3) is 0 Å². The number of aryl methyl sites for hydroxylation is 2. The number of benzene rings is 2. The molecule has 1 aliphatic heterocycles. The first-order valence-corrected chi connectivity index (χ1v) is 12.6. The number of hydrogen-bond acceptors (Lipinski definition) is 5. The number of sulfonamides is 1. The molecule has 0 radical (unpaired) electrons. The van der Waals surface area contributed by atoms with Crippen molar-refractivity contribution in [2.75, 3.05) is 38.6 Å². The number of hydrogen-bond donors (Lipinski definition) is 1. The molecule has 0 aromatic heterocycles. The molecule has 1 saturated heterocycles. The number of nitrogens with one attached hydrogen (secondary N) is 1.